The highest BCUT2D eigenvalue weighted by atomic mass is 35.5. The van der Waals surface area contributed by atoms with Crippen molar-refractivity contribution in [1.82, 2.24) is 5.32 Å². The average molecular weight is 380 g/mol. The fourth-order valence-electron chi connectivity index (χ4n) is 4.57. The van der Waals surface area contributed by atoms with E-state index in [1.54, 1.807) is 0 Å². The molecule has 144 valence electrons. The molecule has 0 radical (unpaired) electrons. The standard InChI is InChI=1S/C20H29N3O2.ClH/c24-20-9-1-2-11-23(20)16-6-3-5-15(13-16)22-18-8-4-7-17(18)19-14-25-12-10-21-19;/h3,5-6,13,17-19,21-22H,1-2,4,7-12,14H2;1H. The van der Waals surface area contributed by atoms with Gasteiger partial charge in [0.05, 0.1) is 13.2 Å². The minimum Gasteiger partial charge on any atom is -0.382 e. The highest BCUT2D eigenvalue weighted by Gasteiger charge is 2.34. The largest absolute Gasteiger partial charge is 0.382 e. The molecule has 2 heterocycles. The minimum atomic E-state index is 0. The van der Waals surface area contributed by atoms with Crippen molar-refractivity contribution in [2.45, 2.75) is 50.6 Å². The lowest BCUT2D eigenvalue weighted by atomic mass is 9.93. The summed E-state index contributed by atoms with van der Waals surface area (Å²) < 4.78 is 5.67. The number of nitrogens with one attached hydrogen (secondary N) is 2. The van der Waals surface area contributed by atoms with Gasteiger partial charge in [0, 0.05) is 43.0 Å². The average Bonchev–Trinajstić information content (AvgIpc) is 3.11. The molecule has 4 rings (SSSR count). The van der Waals surface area contributed by atoms with Gasteiger partial charge in [-0.05, 0) is 49.8 Å². The Labute approximate surface area is 162 Å². The summed E-state index contributed by atoms with van der Waals surface area (Å²) in [7, 11) is 0. The molecule has 3 atom stereocenters. The zero-order valence-corrected chi connectivity index (χ0v) is 16.1. The van der Waals surface area contributed by atoms with Gasteiger partial charge < -0.3 is 20.3 Å². The fourth-order valence-corrected chi connectivity index (χ4v) is 4.57. The van der Waals surface area contributed by atoms with Gasteiger partial charge in [-0.3, -0.25) is 4.79 Å². The lowest BCUT2D eigenvalue weighted by Crippen LogP contribution is -2.49. The maximum absolute atomic E-state index is 12.2. The molecule has 0 bridgehead atoms. The van der Waals surface area contributed by atoms with Crippen molar-refractivity contribution >= 4 is 29.7 Å². The molecule has 2 N–H and O–H groups in total. The first-order chi connectivity index (χ1) is 12.3. The molecule has 2 saturated heterocycles. The number of hydrogen-bond acceptors (Lipinski definition) is 4. The lowest BCUT2D eigenvalue weighted by Gasteiger charge is -2.33. The molecule has 5 nitrogen and oxygen atoms in total. The van der Waals surface area contributed by atoms with E-state index in [0.29, 0.717) is 24.4 Å². The molecule has 1 amide bonds. The Morgan fingerprint density at radius 2 is 2.12 bits per heavy atom. The highest BCUT2D eigenvalue weighted by Crippen LogP contribution is 2.33. The van der Waals surface area contributed by atoms with Crippen molar-refractivity contribution in [2.24, 2.45) is 5.92 Å². The van der Waals surface area contributed by atoms with E-state index in [9.17, 15) is 4.79 Å². The van der Waals surface area contributed by atoms with Gasteiger partial charge >= 0.3 is 0 Å². The van der Waals surface area contributed by atoms with Crippen LogP contribution in [0.4, 0.5) is 11.4 Å². The molecule has 1 aromatic carbocycles. The Morgan fingerprint density at radius 1 is 1.19 bits per heavy atom. The monoisotopic (exact) mass is 379 g/mol. The van der Waals surface area contributed by atoms with E-state index in [4.69, 9.17) is 4.74 Å². The maximum atomic E-state index is 12.2. The zero-order chi connectivity index (χ0) is 17.1. The van der Waals surface area contributed by atoms with Crippen LogP contribution in [0.1, 0.15) is 38.5 Å². The number of rotatable bonds is 4. The van der Waals surface area contributed by atoms with E-state index in [0.717, 1.165) is 50.5 Å². The van der Waals surface area contributed by atoms with E-state index in [1.807, 2.05) is 4.90 Å². The van der Waals surface area contributed by atoms with Crippen LogP contribution in [0.5, 0.6) is 0 Å². The minimum absolute atomic E-state index is 0. The predicted molar refractivity (Wildman–Crippen MR) is 107 cm³/mol. The molecule has 3 unspecified atom stereocenters. The molecule has 26 heavy (non-hydrogen) atoms. The number of halogens is 1. The lowest BCUT2D eigenvalue weighted by molar-refractivity contribution is -0.119. The van der Waals surface area contributed by atoms with E-state index in [2.05, 4.69) is 34.9 Å². The van der Waals surface area contributed by atoms with Gasteiger partial charge in [-0.2, -0.15) is 0 Å². The number of anilines is 2. The third kappa shape index (κ3) is 4.33. The molecular formula is C20H30ClN3O2. The Morgan fingerprint density at radius 3 is 2.92 bits per heavy atom. The van der Waals surface area contributed by atoms with Crippen LogP contribution in [-0.4, -0.2) is 44.3 Å². The van der Waals surface area contributed by atoms with Crippen LogP contribution in [0, 0.1) is 5.92 Å². The van der Waals surface area contributed by atoms with Gasteiger partial charge in [-0.1, -0.05) is 12.5 Å². The second-order valence-corrected chi connectivity index (χ2v) is 7.53. The first-order valence-corrected chi connectivity index (χ1v) is 9.79. The number of amides is 1. The molecule has 3 aliphatic rings. The summed E-state index contributed by atoms with van der Waals surface area (Å²) in [4.78, 5) is 14.1. The summed E-state index contributed by atoms with van der Waals surface area (Å²) in [5, 5.41) is 7.38. The summed E-state index contributed by atoms with van der Waals surface area (Å²) in [6.45, 7) is 3.45. The first kappa shape index (κ1) is 19.5. The van der Waals surface area contributed by atoms with E-state index in [1.165, 1.54) is 19.3 Å². The Bertz CT molecular complexity index is 606. The second kappa shape index (κ2) is 9.07. The Kier molecular flexibility index (Phi) is 6.79. The molecule has 0 aromatic heterocycles. The molecule has 1 aliphatic carbocycles. The number of benzene rings is 1. The third-order valence-corrected chi connectivity index (χ3v) is 5.87. The van der Waals surface area contributed by atoms with Gasteiger partial charge in [0.1, 0.15) is 0 Å². The molecule has 1 aromatic rings. The van der Waals surface area contributed by atoms with Gasteiger partial charge in [-0.15, -0.1) is 12.4 Å². The van der Waals surface area contributed by atoms with Crippen molar-refractivity contribution in [2.75, 3.05) is 36.5 Å². The molecule has 3 fully saturated rings. The van der Waals surface area contributed by atoms with Crippen LogP contribution in [0.2, 0.25) is 0 Å². The zero-order valence-electron chi connectivity index (χ0n) is 15.3. The topological polar surface area (TPSA) is 53.6 Å². The van der Waals surface area contributed by atoms with Crippen molar-refractivity contribution in [3.63, 3.8) is 0 Å². The Balaban J connectivity index is 0.00000196. The van der Waals surface area contributed by atoms with Gasteiger partial charge in [0.2, 0.25) is 5.91 Å². The molecule has 2 aliphatic heterocycles. The summed E-state index contributed by atoms with van der Waals surface area (Å²) in [6, 6.07) is 9.32. The number of ether oxygens (including phenoxy) is 1. The van der Waals surface area contributed by atoms with E-state index >= 15 is 0 Å². The molecular weight excluding hydrogens is 350 g/mol. The van der Waals surface area contributed by atoms with Crippen LogP contribution in [0.15, 0.2) is 24.3 Å². The number of piperidine rings is 1. The van der Waals surface area contributed by atoms with Gasteiger partial charge in [0.25, 0.3) is 0 Å². The van der Waals surface area contributed by atoms with Crippen molar-refractivity contribution < 1.29 is 9.53 Å². The SMILES string of the molecule is Cl.O=C1CCCCN1c1cccc(NC2CCCC2C2COCCN2)c1. The van der Waals surface area contributed by atoms with Crippen molar-refractivity contribution in [1.29, 1.82) is 0 Å². The van der Waals surface area contributed by atoms with E-state index in [-0.39, 0.29) is 18.3 Å². The number of carbonyl (C=O) groups excluding carboxylic acids is 1. The van der Waals surface area contributed by atoms with Crippen LogP contribution in [0.3, 0.4) is 0 Å². The number of carbonyl (C=O) groups is 1. The van der Waals surface area contributed by atoms with Crippen LogP contribution < -0.4 is 15.5 Å². The van der Waals surface area contributed by atoms with Crippen molar-refractivity contribution in [3.05, 3.63) is 24.3 Å². The fraction of sp³-hybridized carbons (Fsp3) is 0.650. The molecule has 0 spiro atoms. The summed E-state index contributed by atoms with van der Waals surface area (Å²) >= 11 is 0. The Hall–Kier alpha value is -1.30. The summed E-state index contributed by atoms with van der Waals surface area (Å²) in [5.41, 5.74) is 2.16. The summed E-state index contributed by atoms with van der Waals surface area (Å²) in [5.74, 6) is 0.867. The number of nitrogens with zero attached hydrogens (tertiary/aromatic N) is 1. The van der Waals surface area contributed by atoms with Crippen molar-refractivity contribution in [3.8, 4) is 0 Å². The van der Waals surface area contributed by atoms with E-state index < -0.39 is 0 Å². The number of hydrogen-bond donors (Lipinski definition) is 2. The summed E-state index contributed by atoms with van der Waals surface area (Å²) in [6.07, 6.45) is 6.52. The van der Waals surface area contributed by atoms with Gasteiger partial charge in [0.15, 0.2) is 0 Å². The molecule has 6 heteroatoms. The van der Waals surface area contributed by atoms with Crippen LogP contribution >= 0.6 is 12.4 Å². The second-order valence-electron chi connectivity index (χ2n) is 7.53. The highest BCUT2D eigenvalue weighted by molar-refractivity contribution is 5.94. The maximum Gasteiger partial charge on any atom is 0.226 e. The van der Waals surface area contributed by atoms with Crippen LogP contribution in [-0.2, 0) is 9.53 Å². The predicted octanol–water partition coefficient (Wildman–Crippen LogP) is 3.19. The third-order valence-electron chi connectivity index (χ3n) is 5.87. The molecule has 1 saturated carbocycles. The smallest absolute Gasteiger partial charge is 0.226 e. The van der Waals surface area contributed by atoms with Crippen LogP contribution in [0.25, 0.3) is 0 Å². The first-order valence-electron chi connectivity index (χ1n) is 9.79. The quantitative estimate of drug-likeness (QED) is 0.843. The normalized spacial score (nSPS) is 29.3. The number of morpholine rings is 1. The van der Waals surface area contributed by atoms with Gasteiger partial charge in [-0.25, -0.2) is 0 Å².